The molecule has 0 bridgehead atoms. The van der Waals surface area contributed by atoms with Crippen molar-refractivity contribution in [1.82, 2.24) is 40.0 Å². The highest BCUT2D eigenvalue weighted by Crippen LogP contribution is 2.33. The molecule has 6 aromatic rings. The Morgan fingerprint density at radius 3 is 2.67 bits per heavy atom. The monoisotopic (exact) mass is 575 g/mol. The first-order chi connectivity index (χ1) is 20.9. The second-order valence-corrected chi connectivity index (χ2v) is 11.1. The first-order valence-electron chi connectivity index (χ1n) is 14.4. The number of aromatic nitrogens is 7. The summed E-state index contributed by atoms with van der Waals surface area (Å²) in [6.07, 6.45) is 12.4. The van der Waals surface area contributed by atoms with Crippen LogP contribution < -0.4 is 5.32 Å². The number of imidazole rings is 1. The maximum atomic E-state index is 14.7. The number of nitrogens with zero attached hydrogens (tertiary/aromatic N) is 6. The molecule has 0 amide bonds. The van der Waals surface area contributed by atoms with Gasteiger partial charge in [0.05, 0.1) is 46.5 Å². The van der Waals surface area contributed by atoms with Gasteiger partial charge < -0.3 is 15.2 Å². The van der Waals surface area contributed by atoms with Gasteiger partial charge in [-0.1, -0.05) is 26.0 Å². The summed E-state index contributed by atoms with van der Waals surface area (Å²) in [5.41, 5.74) is 8.77. The fraction of sp³-hybridized carbons (Fsp3) is 0.242. The van der Waals surface area contributed by atoms with Crippen molar-refractivity contribution in [2.24, 2.45) is 0 Å². The number of hydrogen-bond donors (Lipinski definition) is 3. The normalized spacial score (nSPS) is 11.6. The molecule has 0 atom stereocenters. The first-order valence-corrected chi connectivity index (χ1v) is 14.4. The van der Waals surface area contributed by atoms with Gasteiger partial charge >= 0.3 is 0 Å². The van der Waals surface area contributed by atoms with E-state index in [1.807, 2.05) is 32.3 Å². The topological polar surface area (TPSA) is 111 Å². The highest BCUT2D eigenvalue weighted by Gasteiger charge is 2.17. The van der Waals surface area contributed by atoms with Crippen LogP contribution in [0.15, 0.2) is 73.6 Å². The molecule has 3 N–H and O–H groups in total. The van der Waals surface area contributed by atoms with E-state index in [2.05, 4.69) is 53.9 Å². The molecule has 0 saturated carbocycles. The molecule has 0 spiro atoms. The Kier molecular flexibility index (Phi) is 7.93. The minimum atomic E-state index is -0.271. The van der Waals surface area contributed by atoms with Crippen LogP contribution in [0.3, 0.4) is 0 Å². The van der Waals surface area contributed by atoms with Crippen molar-refractivity contribution in [3.63, 3.8) is 0 Å². The number of H-pyrrole nitrogens is 2. The molecule has 9 nitrogen and oxygen atoms in total. The lowest BCUT2D eigenvalue weighted by atomic mass is 10.0. The fourth-order valence-corrected chi connectivity index (χ4v) is 5.28. The van der Waals surface area contributed by atoms with Gasteiger partial charge in [0.1, 0.15) is 11.5 Å². The maximum Gasteiger partial charge on any atom is 0.159 e. The number of aromatic amines is 2. The lowest BCUT2D eigenvalue weighted by Crippen LogP contribution is -2.13. The Morgan fingerprint density at radius 2 is 1.84 bits per heavy atom. The van der Waals surface area contributed by atoms with E-state index in [0.717, 1.165) is 88.0 Å². The predicted octanol–water partition coefficient (Wildman–Crippen LogP) is 6.98. The largest absolute Gasteiger partial charge is 0.358 e. The van der Waals surface area contributed by atoms with Crippen molar-refractivity contribution in [3.8, 4) is 33.9 Å². The average molecular weight is 576 g/mol. The summed E-state index contributed by atoms with van der Waals surface area (Å²) in [6, 6.07) is 9.16. The highest BCUT2D eigenvalue weighted by atomic mass is 19.1. The molecule has 0 unspecified atom stereocenters. The van der Waals surface area contributed by atoms with Crippen LogP contribution in [0.5, 0.6) is 0 Å². The Hall–Kier alpha value is -4.96. The average Bonchev–Trinajstić information content (AvgIpc) is 3.60. The summed E-state index contributed by atoms with van der Waals surface area (Å²) in [5.74, 6) is 0.312. The number of aryl methyl sites for hydroxylation is 1. The van der Waals surface area contributed by atoms with E-state index in [4.69, 9.17) is 4.98 Å². The molecule has 5 heterocycles. The number of hydrogen-bond acceptors (Lipinski definition) is 7. The molecule has 0 aliphatic carbocycles. The van der Waals surface area contributed by atoms with Crippen molar-refractivity contribution in [3.05, 3.63) is 85.0 Å². The molecular weight excluding hydrogens is 541 g/mol. The fourth-order valence-electron chi connectivity index (χ4n) is 5.28. The van der Waals surface area contributed by atoms with Gasteiger partial charge in [-0.05, 0) is 75.3 Å². The lowest BCUT2D eigenvalue weighted by Gasteiger charge is -2.10. The zero-order valence-electron chi connectivity index (χ0n) is 24.6. The Labute approximate surface area is 249 Å². The van der Waals surface area contributed by atoms with Crippen LogP contribution >= 0.6 is 0 Å². The van der Waals surface area contributed by atoms with Crippen molar-refractivity contribution in [2.45, 2.75) is 32.6 Å². The molecule has 1 aromatic carbocycles. The molecule has 5 aromatic heterocycles. The van der Waals surface area contributed by atoms with E-state index in [1.54, 1.807) is 37.1 Å². The number of nitrogens with one attached hydrogen (secondary N) is 3. The second kappa shape index (κ2) is 12.1. The van der Waals surface area contributed by atoms with E-state index in [9.17, 15) is 4.39 Å². The number of benzene rings is 1. The lowest BCUT2D eigenvalue weighted by molar-refractivity contribution is 0.400. The third-order valence-electron chi connectivity index (χ3n) is 7.31. The van der Waals surface area contributed by atoms with Gasteiger partial charge in [-0.2, -0.15) is 5.10 Å². The van der Waals surface area contributed by atoms with Crippen molar-refractivity contribution in [2.75, 3.05) is 26.0 Å². The van der Waals surface area contributed by atoms with Crippen LogP contribution in [0.1, 0.15) is 31.7 Å². The van der Waals surface area contributed by atoms with Crippen LogP contribution in [-0.2, 0) is 6.42 Å². The summed E-state index contributed by atoms with van der Waals surface area (Å²) in [5, 5.41) is 11.8. The summed E-state index contributed by atoms with van der Waals surface area (Å²) >= 11 is 0. The van der Waals surface area contributed by atoms with Crippen molar-refractivity contribution >= 4 is 27.6 Å². The molecule has 218 valence electrons. The minimum absolute atomic E-state index is 0.271. The standard InChI is InChI=1S/C33H34FN9/c1-5-7-20(2)38-25-13-23(15-35-16-25)28-14-26-29(19-37-28)41-42-32(26)33-39-30-18-36-17-27(31(30)40-33)22-10-21(11-24(34)12-22)8-6-9-43(3)4/h10-19,38H,2,5-9H2,1,3-4H3,(H,39,40)(H,41,42). The zero-order chi connectivity index (χ0) is 29.9. The van der Waals surface area contributed by atoms with Gasteiger partial charge in [0.2, 0.25) is 0 Å². The van der Waals surface area contributed by atoms with Gasteiger partial charge in [-0.25, -0.2) is 9.37 Å². The molecule has 10 heteroatoms. The quantitative estimate of drug-likeness (QED) is 0.153. The van der Waals surface area contributed by atoms with Crippen molar-refractivity contribution < 1.29 is 4.39 Å². The Morgan fingerprint density at radius 1 is 0.977 bits per heavy atom. The van der Waals surface area contributed by atoms with Crippen molar-refractivity contribution in [1.29, 1.82) is 0 Å². The third-order valence-corrected chi connectivity index (χ3v) is 7.31. The van der Waals surface area contributed by atoms with E-state index < -0.39 is 0 Å². The van der Waals surface area contributed by atoms with Gasteiger partial charge in [0.25, 0.3) is 0 Å². The van der Waals surface area contributed by atoms with E-state index in [0.29, 0.717) is 17.0 Å². The zero-order valence-corrected chi connectivity index (χ0v) is 24.6. The van der Waals surface area contributed by atoms with Crippen LogP contribution in [0.4, 0.5) is 10.1 Å². The maximum absolute atomic E-state index is 14.7. The molecule has 0 aliphatic rings. The van der Waals surface area contributed by atoms with Gasteiger partial charge in [-0.3, -0.25) is 20.1 Å². The first kappa shape index (κ1) is 28.2. The SMILES string of the molecule is C=C(CCC)Nc1cncc(-c2cc3c(-c4nc5c(-c6cc(F)cc(CCCN(C)C)c6)cncc5[nH]4)n[nH]c3cn2)c1. The number of fused-ring (bicyclic) bond motifs is 2. The van der Waals surface area contributed by atoms with E-state index in [1.165, 1.54) is 6.07 Å². The number of allylic oxidation sites excluding steroid dienone is 1. The summed E-state index contributed by atoms with van der Waals surface area (Å²) < 4.78 is 14.7. The molecule has 6 rings (SSSR count). The number of pyridine rings is 3. The van der Waals surface area contributed by atoms with Crippen LogP contribution in [-0.4, -0.2) is 60.7 Å². The van der Waals surface area contributed by atoms with Gasteiger partial charge in [0, 0.05) is 34.6 Å². The molecule has 0 aliphatic heterocycles. The molecule has 0 saturated heterocycles. The molecular formula is C33H34FN9. The smallest absolute Gasteiger partial charge is 0.159 e. The van der Waals surface area contributed by atoms with Gasteiger partial charge in [-0.15, -0.1) is 0 Å². The van der Waals surface area contributed by atoms with E-state index >= 15 is 0 Å². The Bertz CT molecular complexity index is 1920. The van der Waals surface area contributed by atoms with Crippen LogP contribution in [0.25, 0.3) is 55.8 Å². The minimum Gasteiger partial charge on any atom is -0.358 e. The second-order valence-electron chi connectivity index (χ2n) is 11.1. The highest BCUT2D eigenvalue weighted by molar-refractivity contribution is 5.97. The predicted molar refractivity (Wildman–Crippen MR) is 170 cm³/mol. The number of rotatable bonds is 11. The van der Waals surface area contributed by atoms with Gasteiger partial charge in [0.15, 0.2) is 5.82 Å². The molecule has 0 fully saturated rings. The third kappa shape index (κ3) is 6.14. The summed E-state index contributed by atoms with van der Waals surface area (Å²) in [4.78, 5) is 23.9. The Balaban J connectivity index is 1.35. The molecule has 43 heavy (non-hydrogen) atoms. The van der Waals surface area contributed by atoms with Crippen LogP contribution in [0.2, 0.25) is 0 Å². The summed E-state index contributed by atoms with van der Waals surface area (Å²) in [7, 11) is 4.08. The summed E-state index contributed by atoms with van der Waals surface area (Å²) in [6.45, 7) is 7.15. The molecule has 0 radical (unpaired) electrons. The number of anilines is 1. The van der Waals surface area contributed by atoms with E-state index in [-0.39, 0.29) is 5.82 Å². The number of halogens is 1. The van der Waals surface area contributed by atoms with Crippen LogP contribution in [0, 0.1) is 5.82 Å².